The molecule has 0 atom stereocenters. The Morgan fingerprint density at radius 2 is 2.00 bits per heavy atom. The minimum absolute atomic E-state index is 0.0383. The van der Waals surface area contributed by atoms with Crippen molar-refractivity contribution < 1.29 is 13.9 Å². The lowest BCUT2D eigenvalue weighted by Gasteiger charge is -2.20. The second kappa shape index (κ2) is 5.48. The van der Waals surface area contributed by atoms with Crippen molar-refractivity contribution in [1.29, 1.82) is 0 Å². The van der Waals surface area contributed by atoms with Crippen molar-refractivity contribution in [3.05, 3.63) is 46.5 Å². The molecule has 0 N–H and O–H groups in total. The summed E-state index contributed by atoms with van der Waals surface area (Å²) in [5.74, 6) is -1.07. The van der Waals surface area contributed by atoms with E-state index < -0.39 is 11.8 Å². The third-order valence-corrected chi connectivity index (χ3v) is 3.33. The first-order chi connectivity index (χ1) is 9.74. The molecule has 1 heterocycles. The van der Waals surface area contributed by atoms with Gasteiger partial charge in [-0.3, -0.25) is 0 Å². The van der Waals surface area contributed by atoms with Crippen LogP contribution in [0.3, 0.4) is 0 Å². The Morgan fingerprint density at radius 3 is 2.52 bits per heavy atom. The molecule has 1 aromatic heterocycles. The van der Waals surface area contributed by atoms with Crippen molar-refractivity contribution >= 4 is 17.6 Å². The van der Waals surface area contributed by atoms with Gasteiger partial charge in [-0.05, 0) is 18.2 Å². The van der Waals surface area contributed by atoms with Gasteiger partial charge in [0.15, 0.2) is 5.69 Å². The molecule has 0 radical (unpaired) electrons. The van der Waals surface area contributed by atoms with Crippen LogP contribution in [-0.4, -0.2) is 22.9 Å². The molecular weight excluding hydrogens is 295 g/mol. The molecule has 0 aliphatic rings. The number of halogens is 2. The fourth-order valence-electron chi connectivity index (χ4n) is 1.93. The van der Waals surface area contributed by atoms with E-state index in [9.17, 15) is 9.18 Å². The normalized spacial score (nSPS) is 11.5. The molecule has 2 aromatic rings. The van der Waals surface area contributed by atoms with Gasteiger partial charge in [-0.15, -0.1) is 0 Å². The van der Waals surface area contributed by atoms with Crippen LogP contribution < -0.4 is 0 Å². The Morgan fingerprint density at radius 1 is 1.33 bits per heavy atom. The number of hydrogen-bond donors (Lipinski definition) is 0. The average Bonchev–Trinajstić information content (AvgIpc) is 2.86. The monoisotopic (exact) mass is 310 g/mol. The molecule has 21 heavy (non-hydrogen) atoms. The van der Waals surface area contributed by atoms with Crippen molar-refractivity contribution in [3.63, 3.8) is 0 Å². The van der Waals surface area contributed by atoms with E-state index in [0.717, 1.165) is 5.69 Å². The molecule has 0 saturated heterocycles. The second-order valence-corrected chi connectivity index (χ2v) is 6.07. The van der Waals surface area contributed by atoms with Gasteiger partial charge in [-0.25, -0.2) is 13.9 Å². The molecule has 0 unspecified atom stereocenters. The molecule has 0 fully saturated rings. The van der Waals surface area contributed by atoms with Crippen molar-refractivity contribution in [3.8, 4) is 5.69 Å². The maximum Gasteiger partial charge on any atom is 0.358 e. The number of aromatic nitrogens is 2. The number of esters is 1. The summed E-state index contributed by atoms with van der Waals surface area (Å²) in [6.45, 7) is 5.94. The molecule has 1 aromatic carbocycles. The third-order valence-electron chi connectivity index (χ3n) is 3.02. The first-order valence-electron chi connectivity index (χ1n) is 6.38. The molecule has 0 amide bonds. The molecule has 0 aliphatic heterocycles. The smallest absolute Gasteiger partial charge is 0.358 e. The fraction of sp³-hybridized carbons (Fsp3) is 0.333. The highest BCUT2D eigenvalue weighted by Gasteiger charge is 2.24. The van der Waals surface area contributed by atoms with Gasteiger partial charge in [0.2, 0.25) is 0 Å². The molecule has 0 bridgehead atoms. The highest BCUT2D eigenvalue weighted by atomic mass is 35.5. The van der Waals surface area contributed by atoms with E-state index in [0.29, 0.717) is 5.69 Å². The molecular formula is C15H16ClFN2O2. The summed E-state index contributed by atoms with van der Waals surface area (Å²) in [5.41, 5.74) is 1.16. The summed E-state index contributed by atoms with van der Waals surface area (Å²) < 4.78 is 19.9. The van der Waals surface area contributed by atoms with Crippen LogP contribution >= 0.6 is 11.6 Å². The van der Waals surface area contributed by atoms with Gasteiger partial charge < -0.3 is 4.74 Å². The maximum absolute atomic E-state index is 13.7. The highest BCUT2D eigenvalue weighted by Crippen LogP contribution is 2.27. The Hall–Kier alpha value is -1.88. The molecule has 2 rings (SSSR count). The quantitative estimate of drug-likeness (QED) is 0.794. The Labute approximate surface area is 127 Å². The third kappa shape index (κ3) is 3.08. The molecule has 0 spiro atoms. The van der Waals surface area contributed by atoms with Crippen LogP contribution in [0.1, 0.15) is 37.0 Å². The van der Waals surface area contributed by atoms with E-state index in [1.54, 1.807) is 12.1 Å². The zero-order valence-corrected chi connectivity index (χ0v) is 13.0. The second-order valence-electron chi connectivity index (χ2n) is 5.67. The van der Waals surface area contributed by atoms with Gasteiger partial charge >= 0.3 is 5.97 Å². The van der Waals surface area contributed by atoms with E-state index in [-0.39, 0.29) is 16.1 Å². The Bertz CT molecular complexity index is 689. The van der Waals surface area contributed by atoms with Gasteiger partial charge in [-0.2, -0.15) is 5.10 Å². The average molecular weight is 311 g/mol. The Kier molecular flexibility index (Phi) is 4.05. The number of carbonyl (C=O) groups is 1. The standard InChI is InChI=1S/C15H16ClFN2O2/c1-15(2,3)13-8-12(14(20)21-4)18-19(13)9-5-6-10(16)11(17)7-9/h5-8H,1-4H3. The van der Waals surface area contributed by atoms with E-state index in [1.165, 1.54) is 23.9 Å². The van der Waals surface area contributed by atoms with Gasteiger partial charge in [0, 0.05) is 11.5 Å². The number of benzene rings is 1. The fourth-order valence-corrected chi connectivity index (χ4v) is 2.05. The number of carbonyl (C=O) groups excluding carboxylic acids is 1. The molecule has 0 saturated carbocycles. The summed E-state index contributed by atoms with van der Waals surface area (Å²) in [4.78, 5) is 11.7. The SMILES string of the molecule is COC(=O)c1cc(C(C)(C)C)n(-c2ccc(Cl)c(F)c2)n1. The van der Waals surface area contributed by atoms with Gasteiger partial charge in [-0.1, -0.05) is 32.4 Å². The summed E-state index contributed by atoms with van der Waals surface area (Å²) in [6, 6.07) is 6.04. The lowest BCUT2D eigenvalue weighted by atomic mass is 9.91. The minimum atomic E-state index is -0.538. The zero-order valence-electron chi connectivity index (χ0n) is 12.3. The van der Waals surface area contributed by atoms with Gasteiger partial charge in [0.05, 0.1) is 23.5 Å². The lowest BCUT2D eigenvalue weighted by Crippen LogP contribution is -2.17. The summed E-state index contributed by atoms with van der Waals surface area (Å²) in [6.07, 6.45) is 0. The van der Waals surface area contributed by atoms with E-state index in [2.05, 4.69) is 9.84 Å². The topological polar surface area (TPSA) is 44.1 Å². The van der Waals surface area contributed by atoms with Crippen molar-refractivity contribution in [2.75, 3.05) is 7.11 Å². The van der Waals surface area contributed by atoms with Gasteiger partial charge in [0.25, 0.3) is 0 Å². The minimum Gasteiger partial charge on any atom is -0.464 e. The van der Waals surface area contributed by atoms with Crippen LogP contribution in [0.15, 0.2) is 24.3 Å². The highest BCUT2D eigenvalue weighted by molar-refractivity contribution is 6.30. The van der Waals surface area contributed by atoms with Crippen LogP contribution in [0.5, 0.6) is 0 Å². The summed E-state index contributed by atoms with van der Waals surface area (Å²) in [5, 5.41) is 4.26. The number of methoxy groups -OCH3 is 1. The Balaban J connectivity index is 2.63. The van der Waals surface area contributed by atoms with Crippen LogP contribution in [0.4, 0.5) is 4.39 Å². The van der Waals surface area contributed by atoms with Crippen molar-refractivity contribution in [2.45, 2.75) is 26.2 Å². The number of rotatable bonds is 2. The maximum atomic E-state index is 13.7. The lowest BCUT2D eigenvalue weighted by molar-refractivity contribution is 0.0593. The largest absolute Gasteiger partial charge is 0.464 e. The molecule has 6 heteroatoms. The van der Waals surface area contributed by atoms with E-state index >= 15 is 0 Å². The summed E-state index contributed by atoms with van der Waals surface area (Å²) in [7, 11) is 1.29. The molecule has 0 aliphatic carbocycles. The van der Waals surface area contributed by atoms with Crippen LogP contribution in [0.25, 0.3) is 5.69 Å². The van der Waals surface area contributed by atoms with Crippen LogP contribution in [-0.2, 0) is 10.2 Å². The van der Waals surface area contributed by atoms with Crippen LogP contribution in [0, 0.1) is 5.82 Å². The summed E-state index contributed by atoms with van der Waals surface area (Å²) >= 11 is 5.70. The molecule has 4 nitrogen and oxygen atoms in total. The molecule has 112 valence electrons. The number of ether oxygens (including phenoxy) is 1. The zero-order chi connectivity index (χ0) is 15.8. The number of hydrogen-bond acceptors (Lipinski definition) is 3. The van der Waals surface area contributed by atoms with E-state index in [4.69, 9.17) is 11.6 Å². The van der Waals surface area contributed by atoms with Crippen LogP contribution in [0.2, 0.25) is 5.02 Å². The van der Waals surface area contributed by atoms with Crippen molar-refractivity contribution in [2.24, 2.45) is 0 Å². The van der Waals surface area contributed by atoms with Gasteiger partial charge in [0.1, 0.15) is 5.82 Å². The number of nitrogens with zero attached hydrogens (tertiary/aromatic N) is 2. The first kappa shape index (κ1) is 15.5. The van der Waals surface area contributed by atoms with E-state index in [1.807, 2.05) is 20.8 Å². The predicted molar refractivity (Wildman–Crippen MR) is 78.6 cm³/mol. The predicted octanol–water partition coefficient (Wildman–Crippen LogP) is 3.75. The first-order valence-corrected chi connectivity index (χ1v) is 6.76. The van der Waals surface area contributed by atoms with Crippen molar-refractivity contribution in [1.82, 2.24) is 9.78 Å².